The van der Waals surface area contributed by atoms with Crippen LogP contribution in [-0.2, 0) is 4.79 Å². The van der Waals surface area contributed by atoms with Crippen LogP contribution < -0.4 is 11.5 Å². The number of carboxylic acid groups (broad SMARTS) is 1. The number of nitrogen functional groups attached to an aromatic ring is 2. The Kier molecular flexibility index (Phi) is 4.68. The molecule has 1 unspecified atom stereocenters. The first-order valence-corrected chi connectivity index (χ1v) is 6.89. The summed E-state index contributed by atoms with van der Waals surface area (Å²) in [6.45, 7) is 1.62. The molecule has 0 amide bonds. The van der Waals surface area contributed by atoms with Gasteiger partial charge in [0.1, 0.15) is 5.82 Å². The van der Waals surface area contributed by atoms with Gasteiger partial charge in [-0.15, -0.1) is 0 Å². The topological polar surface area (TPSA) is 105 Å². The summed E-state index contributed by atoms with van der Waals surface area (Å²) in [5.41, 5.74) is 13.4. The van der Waals surface area contributed by atoms with E-state index in [0.29, 0.717) is 11.3 Å². The Hall–Kier alpha value is -2.95. The minimum atomic E-state index is -0.854. The third-order valence-electron chi connectivity index (χ3n) is 3.38. The van der Waals surface area contributed by atoms with Crippen molar-refractivity contribution in [2.24, 2.45) is 0 Å². The molecule has 0 saturated carbocycles. The average molecular weight is 297 g/mol. The van der Waals surface area contributed by atoms with E-state index in [1.165, 1.54) is 5.39 Å². The first kappa shape index (κ1) is 15.4. The van der Waals surface area contributed by atoms with Gasteiger partial charge in [-0.1, -0.05) is 36.4 Å². The van der Waals surface area contributed by atoms with Crippen molar-refractivity contribution in [3.05, 3.63) is 60.2 Å². The highest BCUT2D eigenvalue weighted by Gasteiger charge is 2.15. The maximum absolute atomic E-state index is 10.6. The van der Waals surface area contributed by atoms with Crippen LogP contribution in [0.25, 0.3) is 10.9 Å². The molecule has 0 saturated heterocycles. The molecule has 1 atom stereocenters. The molecule has 0 radical (unpaired) electrons. The number of fused-ring (bicyclic) bond motifs is 1. The van der Waals surface area contributed by atoms with E-state index in [-0.39, 0.29) is 0 Å². The lowest BCUT2D eigenvalue weighted by Gasteiger charge is -2.08. The Morgan fingerprint density at radius 2 is 1.73 bits per heavy atom. The number of para-hydroxylation sites is 2. The van der Waals surface area contributed by atoms with Crippen LogP contribution in [0.5, 0.6) is 0 Å². The van der Waals surface area contributed by atoms with Crippen molar-refractivity contribution in [2.45, 2.75) is 12.8 Å². The highest BCUT2D eigenvalue weighted by atomic mass is 16.4. The second-order valence-electron chi connectivity index (χ2n) is 5.00. The average Bonchev–Trinajstić information content (AvgIpc) is 2.87. The van der Waals surface area contributed by atoms with Crippen molar-refractivity contribution < 1.29 is 9.90 Å². The van der Waals surface area contributed by atoms with Gasteiger partial charge in [0, 0.05) is 16.6 Å². The predicted octanol–water partition coefficient (Wildman–Crippen LogP) is 3.21. The fourth-order valence-corrected chi connectivity index (χ4v) is 2.13. The number of aromatic amines is 1. The Bertz CT molecular complexity index is 747. The zero-order valence-electron chi connectivity index (χ0n) is 12.3. The number of aliphatic carboxylic acids is 1. The fraction of sp³-hybridized carbons (Fsp3) is 0.118. The second-order valence-corrected chi connectivity index (χ2v) is 5.00. The Balaban J connectivity index is 0.000000162. The van der Waals surface area contributed by atoms with Gasteiger partial charge in [-0.3, -0.25) is 4.79 Å². The number of anilines is 2. The number of nitrogens with one attached hydrogen (secondary N) is 1. The maximum atomic E-state index is 10.6. The molecule has 114 valence electrons. The Labute approximate surface area is 128 Å². The van der Waals surface area contributed by atoms with Crippen molar-refractivity contribution >= 4 is 28.4 Å². The molecular weight excluding hydrogens is 278 g/mol. The SMILES string of the molecule is CC(C(=O)O)c1ccccc1N.Nc1cc2ccccc2[nH]1. The third kappa shape index (κ3) is 3.58. The van der Waals surface area contributed by atoms with E-state index in [4.69, 9.17) is 16.6 Å². The first-order chi connectivity index (χ1) is 10.5. The molecule has 5 heteroatoms. The van der Waals surface area contributed by atoms with Crippen molar-refractivity contribution in [1.29, 1.82) is 0 Å². The van der Waals surface area contributed by atoms with Crippen LogP contribution >= 0.6 is 0 Å². The fourth-order valence-electron chi connectivity index (χ4n) is 2.13. The number of aromatic nitrogens is 1. The van der Waals surface area contributed by atoms with Crippen LogP contribution in [0, 0.1) is 0 Å². The number of carbonyl (C=O) groups is 1. The highest BCUT2D eigenvalue weighted by Crippen LogP contribution is 2.21. The zero-order valence-corrected chi connectivity index (χ0v) is 12.3. The lowest BCUT2D eigenvalue weighted by molar-refractivity contribution is -0.138. The summed E-state index contributed by atoms with van der Waals surface area (Å²) in [6, 6.07) is 16.9. The monoisotopic (exact) mass is 297 g/mol. The summed E-state index contributed by atoms with van der Waals surface area (Å²) in [5, 5.41) is 9.87. The lowest BCUT2D eigenvalue weighted by Crippen LogP contribution is -2.09. The number of H-pyrrole nitrogens is 1. The van der Waals surface area contributed by atoms with Gasteiger partial charge in [-0.05, 0) is 30.7 Å². The van der Waals surface area contributed by atoms with Crippen molar-refractivity contribution in [3.63, 3.8) is 0 Å². The summed E-state index contributed by atoms with van der Waals surface area (Å²) in [7, 11) is 0. The van der Waals surface area contributed by atoms with E-state index >= 15 is 0 Å². The van der Waals surface area contributed by atoms with Crippen LogP contribution in [0.15, 0.2) is 54.6 Å². The maximum Gasteiger partial charge on any atom is 0.310 e. The Morgan fingerprint density at radius 1 is 1.09 bits per heavy atom. The smallest absolute Gasteiger partial charge is 0.310 e. The predicted molar refractivity (Wildman–Crippen MR) is 89.6 cm³/mol. The quantitative estimate of drug-likeness (QED) is 0.545. The normalized spacial score (nSPS) is 11.5. The van der Waals surface area contributed by atoms with Crippen LogP contribution in [0.1, 0.15) is 18.4 Å². The molecule has 0 aliphatic rings. The minimum absolute atomic E-state index is 0.535. The molecule has 0 fully saturated rings. The van der Waals surface area contributed by atoms with Gasteiger partial charge in [0.15, 0.2) is 0 Å². The number of carboxylic acids is 1. The van der Waals surface area contributed by atoms with Crippen molar-refractivity contribution in [2.75, 3.05) is 11.5 Å². The van der Waals surface area contributed by atoms with E-state index in [1.54, 1.807) is 31.2 Å². The summed E-state index contributed by atoms with van der Waals surface area (Å²) >= 11 is 0. The van der Waals surface area contributed by atoms with Crippen LogP contribution in [-0.4, -0.2) is 16.1 Å². The van der Waals surface area contributed by atoms with E-state index < -0.39 is 11.9 Å². The number of nitrogens with two attached hydrogens (primary N) is 2. The molecular formula is C17H19N3O2. The van der Waals surface area contributed by atoms with Crippen molar-refractivity contribution in [3.8, 4) is 0 Å². The lowest BCUT2D eigenvalue weighted by atomic mass is 10.00. The standard InChI is InChI=1S/C9H11NO2.C8H8N2/c1-6(9(11)12)7-4-2-3-5-8(7)10;9-8-5-6-3-1-2-4-7(6)10-8/h2-6H,10H2,1H3,(H,11,12);1-5,10H,9H2. The van der Waals surface area contributed by atoms with Gasteiger partial charge in [-0.25, -0.2) is 0 Å². The summed E-state index contributed by atoms with van der Waals surface area (Å²) in [6.07, 6.45) is 0. The first-order valence-electron chi connectivity index (χ1n) is 6.89. The minimum Gasteiger partial charge on any atom is -0.481 e. The molecule has 3 aromatic rings. The van der Waals surface area contributed by atoms with Gasteiger partial charge >= 0.3 is 5.97 Å². The van der Waals surface area contributed by atoms with Crippen LogP contribution in [0.2, 0.25) is 0 Å². The number of rotatable bonds is 2. The highest BCUT2D eigenvalue weighted by molar-refractivity contribution is 5.83. The molecule has 0 aliphatic carbocycles. The zero-order chi connectivity index (χ0) is 16.1. The molecule has 3 rings (SSSR count). The molecule has 1 heterocycles. The van der Waals surface area contributed by atoms with E-state index in [1.807, 2.05) is 30.3 Å². The molecule has 1 aromatic heterocycles. The third-order valence-corrected chi connectivity index (χ3v) is 3.38. The van der Waals surface area contributed by atoms with Crippen LogP contribution in [0.3, 0.4) is 0 Å². The molecule has 0 spiro atoms. The molecule has 22 heavy (non-hydrogen) atoms. The van der Waals surface area contributed by atoms with E-state index in [2.05, 4.69) is 4.98 Å². The van der Waals surface area contributed by atoms with Gasteiger partial charge in [0.05, 0.1) is 5.92 Å². The molecule has 5 nitrogen and oxygen atoms in total. The van der Waals surface area contributed by atoms with E-state index in [0.717, 1.165) is 11.3 Å². The molecule has 0 bridgehead atoms. The summed E-state index contributed by atoms with van der Waals surface area (Å²) in [5.74, 6) is -0.666. The Morgan fingerprint density at radius 3 is 2.36 bits per heavy atom. The van der Waals surface area contributed by atoms with Gasteiger partial charge in [-0.2, -0.15) is 0 Å². The summed E-state index contributed by atoms with van der Waals surface area (Å²) in [4.78, 5) is 13.6. The molecule has 6 N–H and O–H groups in total. The molecule has 0 aliphatic heterocycles. The van der Waals surface area contributed by atoms with Crippen LogP contribution in [0.4, 0.5) is 11.5 Å². The molecule has 2 aromatic carbocycles. The second kappa shape index (κ2) is 6.67. The van der Waals surface area contributed by atoms with Gasteiger partial charge in [0.25, 0.3) is 0 Å². The number of hydrogen-bond donors (Lipinski definition) is 4. The van der Waals surface area contributed by atoms with Gasteiger partial charge < -0.3 is 21.6 Å². The van der Waals surface area contributed by atoms with Gasteiger partial charge in [0.2, 0.25) is 0 Å². The summed E-state index contributed by atoms with van der Waals surface area (Å²) < 4.78 is 0. The number of hydrogen-bond acceptors (Lipinski definition) is 3. The van der Waals surface area contributed by atoms with Crippen molar-refractivity contribution in [1.82, 2.24) is 4.98 Å². The van der Waals surface area contributed by atoms with E-state index in [9.17, 15) is 4.79 Å². The largest absolute Gasteiger partial charge is 0.481 e. The number of benzene rings is 2.